The second-order valence-electron chi connectivity index (χ2n) is 6.19. The zero-order valence-electron chi connectivity index (χ0n) is 14.8. The van der Waals surface area contributed by atoms with Crippen LogP contribution in [-0.4, -0.2) is 20.6 Å². The van der Waals surface area contributed by atoms with Gasteiger partial charge < -0.3 is 9.84 Å². The molecule has 0 aliphatic rings. The predicted molar refractivity (Wildman–Crippen MR) is 95.2 cm³/mol. The van der Waals surface area contributed by atoms with Crippen LogP contribution in [0.4, 0.5) is 8.78 Å². The van der Waals surface area contributed by atoms with E-state index < -0.39 is 23.2 Å². The average molecular weight is 401 g/mol. The lowest BCUT2D eigenvalue weighted by Gasteiger charge is -2.18. The number of halogens is 3. The number of hydrogen-bond acceptors (Lipinski definition) is 4. The Balaban J connectivity index is 2.31. The first-order valence-corrected chi connectivity index (χ1v) is 8.68. The third kappa shape index (κ3) is 5.26. The molecule has 9 heteroatoms. The number of rotatable bonds is 8. The minimum Gasteiger partial charge on any atom is -0.481 e. The molecule has 1 aromatic carbocycles. The lowest BCUT2D eigenvalue weighted by Crippen LogP contribution is -2.28. The minimum absolute atomic E-state index is 0.0758. The van der Waals surface area contributed by atoms with E-state index >= 15 is 0 Å². The normalized spacial score (nSPS) is 11.0. The highest BCUT2D eigenvalue weighted by atomic mass is 35.5. The number of carboxylic acid groups (broad SMARTS) is 1. The van der Waals surface area contributed by atoms with E-state index in [9.17, 15) is 18.4 Å². The third-order valence-corrected chi connectivity index (χ3v) is 4.11. The van der Waals surface area contributed by atoms with Crippen molar-refractivity contribution in [1.82, 2.24) is 9.55 Å². The Hall–Kier alpha value is -2.48. The number of benzene rings is 1. The summed E-state index contributed by atoms with van der Waals surface area (Å²) >= 11 is 6.06. The minimum atomic E-state index is -0.953. The Morgan fingerprint density at radius 2 is 2.07 bits per heavy atom. The molecule has 0 aliphatic heterocycles. The summed E-state index contributed by atoms with van der Waals surface area (Å²) in [7, 11) is 0. The van der Waals surface area contributed by atoms with Crippen LogP contribution in [0.2, 0.25) is 5.02 Å². The van der Waals surface area contributed by atoms with Crippen LogP contribution in [-0.2, 0) is 17.8 Å². The van der Waals surface area contributed by atoms with E-state index in [0.717, 1.165) is 12.1 Å². The summed E-state index contributed by atoms with van der Waals surface area (Å²) < 4.78 is 33.5. The van der Waals surface area contributed by atoms with E-state index in [2.05, 4.69) is 4.98 Å². The molecule has 0 unspecified atom stereocenters. The molecule has 2 rings (SSSR count). The molecule has 0 amide bonds. The summed E-state index contributed by atoms with van der Waals surface area (Å²) in [5, 5.41) is 8.53. The summed E-state index contributed by atoms with van der Waals surface area (Å²) in [5.41, 5.74) is -0.448. The summed E-state index contributed by atoms with van der Waals surface area (Å²) in [6, 6.07) is 2.79. The Morgan fingerprint density at radius 1 is 1.37 bits per heavy atom. The first-order valence-electron chi connectivity index (χ1n) is 8.30. The number of carboxylic acids is 1. The Kier molecular flexibility index (Phi) is 6.90. The van der Waals surface area contributed by atoms with Crippen molar-refractivity contribution in [3.8, 4) is 5.88 Å². The van der Waals surface area contributed by atoms with Crippen molar-refractivity contribution in [2.45, 2.75) is 45.8 Å². The molecule has 6 nitrogen and oxygen atoms in total. The largest absolute Gasteiger partial charge is 0.481 e. The average Bonchev–Trinajstić information content (AvgIpc) is 2.57. The molecule has 146 valence electrons. The van der Waals surface area contributed by atoms with Gasteiger partial charge in [-0.15, -0.1) is 0 Å². The van der Waals surface area contributed by atoms with Gasteiger partial charge in [-0.2, -0.15) is 4.98 Å². The van der Waals surface area contributed by atoms with E-state index in [-0.39, 0.29) is 48.4 Å². The van der Waals surface area contributed by atoms with Gasteiger partial charge in [-0.25, -0.2) is 8.78 Å². The lowest BCUT2D eigenvalue weighted by atomic mass is 10.2. The van der Waals surface area contributed by atoms with Crippen LogP contribution in [0.3, 0.4) is 0 Å². The molecule has 0 radical (unpaired) electrons. The second kappa shape index (κ2) is 8.94. The smallest absolute Gasteiger partial charge is 0.303 e. The van der Waals surface area contributed by atoms with E-state index in [0.29, 0.717) is 5.82 Å². The van der Waals surface area contributed by atoms with E-state index in [1.165, 1.54) is 10.6 Å². The topological polar surface area (TPSA) is 81.4 Å². The monoisotopic (exact) mass is 400 g/mol. The van der Waals surface area contributed by atoms with E-state index in [1.54, 1.807) is 13.8 Å². The highest BCUT2D eigenvalue weighted by Crippen LogP contribution is 2.22. The first-order chi connectivity index (χ1) is 12.7. The Labute approximate surface area is 159 Å². The van der Waals surface area contributed by atoms with Gasteiger partial charge in [-0.1, -0.05) is 11.6 Å². The van der Waals surface area contributed by atoms with Gasteiger partial charge in [-0.05, 0) is 32.4 Å². The van der Waals surface area contributed by atoms with Gasteiger partial charge in [0, 0.05) is 30.5 Å². The summed E-state index contributed by atoms with van der Waals surface area (Å²) in [5.74, 6) is -2.30. The van der Waals surface area contributed by atoms with E-state index in [4.69, 9.17) is 21.4 Å². The van der Waals surface area contributed by atoms with Crippen LogP contribution in [0.25, 0.3) is 0 Å². The second-order valence-corrected chi connectivity index (χ2v) is 6.57. The molecule has 0 fully saturated rings. The first kappa shape index (κ1) is 20.8. The van der Waals surface area contributed by atoms with Crippen LogP contribution >= 0.6 is 11.6 Å². The van der Waals surface area contributed by atoms with E-state index in [1.807, 2.05) is 0 Å². The quantitative estimate of drug-likeness (QED) is 0.730. The fourth-order valence-electron chi connectivity index (χ4n) is 2.52. The molecule has 1 heterocycles. The molecule has 0 bridgehead atoms. The van der Waals surface area contributed by atoms with Crippen molar-refractivity contribution in [2.24, 2.45) is 0 Å². The zero-order valence-corrected chi connectivity index (χ0v) is 15.6. The molecule has 1 aromatic heterocycles. The molecule has 1 N–H and O–H groups in total. The molecule has 0 saturated heterocycles. The highest BCUT2D eigenvalue weighted by molar-refractivity contribution is 6.31. The van der Waals surface area contributed by atoms with Crippen LogP contribution in [0.15, 0.2) is 23.0 Å². The molecule has 0 spiro atoms. The van der Waals surface area contributed by atoms with Crippen LogP contribution in [0.5, 0.6) is 5.88 Å². The van der Waals surface area contributed by atoms with Crippen LogP contribution < -0.4 is 10.3 Å². The molecular weight excluding hydrogens is 382 g/mol. The van der Waals surface area contributed by atoms with Gasteiger partial charge in [0.1, 0.15) is 24.1 Å². The highest BCUT2D eigenvalue weighted by Gasteiger charge is 2.19. The molecular formula is C18H19ClF2N2O4. The maximum atomic E-state index is 13.7. The van der Waals surface area contributed by atoms with Gasteiger partial charge in [0.05, 0.1) is 0 Å². The molecule has 0 aliphatic carbocycles. The van der Waals surface area contributed by atoms with Crippen molar-refractivity contribution in [1.29, 1.82) is 0 Å². The third-order valence-electron chi connectivity index (χ3n) is 3.79. The number of aromatic nitrogens is 2. The number of nitrogens with zero attached hydrogens (tertiary/aromatic N) is 2. The number of carbonyl (C=O) groups is 1. The standard InChI is InChI=1S/C18H19ClF2N2O4/c1-10(2)23-14(4-3-5-15(24)25)22-17(16(19)18(23)26)27-9-11-6-7-12(20)8-13(11)21/h6-8,10H,3-5,9H2,1-2H3,(H,24,25). The molecule has 27 heavy (non-hydrogen) atoms. The summed E-state index contributed by atoms with van der Waals surface area (Å²) in [6.45, 7) is 3.25. The van der Waals surface area contributed by atoms with Gasteiger partial charge in [0.25, 0.3) is 5.56 Å². The number of hydrogen-bond donors (Lipinski definition) is 1. The summed E-state index contributed by atoms with van der Waals surface area (Å²) in [6.07, 6.45) is 0.438. The fourth-order valence-corrected chi connectivity index (χ4v) is 2.71. The zero-order chi connectivity index (χ0) is 20.1. The SMILES string of the molecule is CC(C)n1c(CCCC(=O)O)nc(OCc2ccc(F)cc2F)c(Cl)c1=O. The summed E-state index contributed by atoms with van der Waals surface area (Å²) in [4.78, 5) is 27.5. The van der Waals surface area contributed by atoms with Crippen molar-refractivity contribution in [2.75, 3.05) is 0 Å². The van der Waals surface area contributed by atoms with Crippen molar-refractivity contribution >= 4 is 17.6 Å². The Bertz CT molecular complexity index is 900. The maximum Gasteiger partial charge on any atom is 0.303 e. The fraction of sp³-hybridized carbons (Fsp3) is 0.389. The predicted octanol–water partition coefficient (Wildman–Crippen LogP) is 3.74. The van der Waals surface area contributed by atoms with Crippen LogP contribution in [0.1, 0.15) is 44.1 Å². The Morgan fingerprint density at radius 3 is 2.67 bits per heavy atom. The molecule has 0 atom stereocenters. The van der Waals surface area contributed by atoms with Gasteiger partial charge in [-0.3, -0.25) is 14.2 Å². The molecule has 0 saturated carbocycles. The van der Waals surface area contributed by atoms with Gasteiger partial charge in [0.2, 0.25) is 5.88 Å². The van der Waals surface area contributed by atoms with Crippen molar-refractivity contribution < 1.29 is 23.4 Å². The number of ether oxygens (including phenoxy) is 1. The van der Waals surface area contributed by atoms with Crippen molar-refractivity contribution in [3.05, 3.63) is 56.6 Å². The molecule has 2 aromatic rings. The van der Waals surface area contributed by atoms with Gasteiger partial charge in [0.15, 0.2) is 5.02 Å². The lowest BCUT2D eigenvalue weighted by molar-refractivity contribution is -0.137. The van der Waals surface area contributed by atoms with Crippen LogP contribution in [0, 0.1) is 11.6 Å². The van der Waals surface area contributed by atoms with Crippen molar-refractivity contribution in [3.63, 3.8) is 0 Å². The maximum absolute atomic E-state index is 13.7. The number of aliphatic carboxylic acids is 1. The number of aryl methyl sites for hydroxylation is 1. The van der Waals surface area contributed by atoms with Gasteiger partial charge >= 0.3 is 5.97 Å².